The molecule has 1 aliphatic rings. The number of hydrogen-bond donors (Lipinski definition) is 2. The van der Waals surface area contributed by atoms with E-state index in [1.54, 1.807) is 9.80 Å². The number of carbonyl (C=O) groups excluding carboxylic acids is 2. The van der Waals surface area contributed by atoms with Crippen molar-refractivity contribution < 1.29 is 34.1 Å². The standard InChI is InChI=1S/C40H44N2O7/c1-3-23-41(25-28-15-19-32(20-16-28)48-30-11-7-5-8-12-30)38(44)35-34(27-43)36(40(46)47)37(35)39(45)42(24-4-2)26-29-17-21-33(22-18-29)49-31-13-9-6-10-14-31/h5-22,34-37,43H,3-4,23-27H2,1-2H3,(H,46,47). The van der Waals surface area contributed by atoms with Gasteiger partial charge in [-0.2, -0.15) is 0 Å². The fourth-order valence-electron chi connectivity index (χ4n) is 6.55. The third-order valence-electron chi connectivity index (χ3n) is 8.92. The monoisotopic (exact) mass is 664 g/mol. The number of aliphatic carboxylic acids is 1. The summed E-state index contributed by atoms with van der Waals surface area (Å²) in [5, 5.41) is 20.5. The van der Waals surface area contributed by atoms with Gasteiger partial charge in [0.15, 0.2) is 0 Å². The van der Waals surface area contributed by atoms with E-state index in [0.29, 0.717) is 48.9 Å². The van der Waals surface area contributed by atoms with Crippen LogP contribution in [-0.2, 0) is 27.5 Å². The van der Waals surface area contributed by atoms with Crippen molar-refractivity contribution in [3.63, 3.8) is 0 Å². The molecular weight excluding hydrogens is 620 g/mol. The topological polar surface area (TPSA) is 117 Å². The summed E-state index contributed by atoms with van der Waals surface area (Å²) in [4.78, 5) is 44.2. The van der Waals surface area contributed by atoms with Crippen LogP contribution in [0.15, 0.2) is 109 Å². The van der Waals surface area contributed by atoms with Crippen LogP contribution in [-0.4, -0.2) is 57.5 Å². The molecule has 0 aliphatic heterocycles. The summed E-state index contributed by atoms with van der Waals surface area (Å²) in [7, 11) is 0. The maximum atomic E-state index is 14.2. The summed E-state index contributed by atoms with van der Waals surface area (Å²) in [6.45, 7) is 4.76. The first kappa shape index (κ1) is 35.2. The summed E-state index contributed by atoms with van der Waals surface area (Å²) in [5.74, 6) is -3.22. The van der Waals surface area contributed by atoms with Gasteiger partial charge in [0, 0.05) is 38.7 Å². The molecule has 1 saturated carbocycles. The van der Waals surface area contributed by atoms with Crippen LogP contribution in [0, 0.1) is 23.7 Å². The van der Waals surface area contributed by atoms with Crippen LogP contribution in [0.4, 0.5) is 0 Å². The molecule has 5 rings (SSSR count). The van der Waals surface area contributed by atoms with Gasteiger partial charge >= 0.3 is 5.97 Å². The largest absolute Gasteiger partial charge is 0.481 e. The molecule has 0 heterocycles. The number of ether oxygens (including phenoxy) is 2. The summed E-state index contributed by atoms with van der Waals surface area (Å²) >= 11 is 0. The van der Waals surface area contributed by atoms with Gasteiger partial charge in [-0.15, -0.1) is 0 Å². The fraction of sp³-hybridized carbons (Fsp3) is 0.325. The Kier molecular flexibility index (Phi) is 12.1. The lowest BCUT2D eigenvalue weighted by Gasteiger charge is -2.50. The minimum atomic E-state index is -1.18. The second kappa shape index (κ2) is 16.8. The zero-order valence-corrected chi connectivity index (χ0v) is 28.0. The predicted molar refractivity (Wildman–Crippen MR) is 186 cm³/mol. The van der Waals surface area contributed by atoms with E-state index in [1.165, 1.54) is 0 Å². The van der Waals surface area contributed by atoms with Crippen molar-refractivity contribution in [1.82, 2.24) is 9.80 Å². The molecule has 49 heavy (non-hydrogen) atoms. The van der Waals surface area contributed by atoms with Gasteiger partial charge < -0.3 is 29.5 Å². The molecule has 9 nitrogen and oxygen atoms in total. The van der Waals surface area contributed by atoms with Crippen molar-refractivity contribution >= 4 is 17.8 Å². The third-order valence-corrected chi connectivity index (χ3v) is 8.92. The Labute approximate surface area is 287 Å². The number of aliphatic hydroxyl groups is 1. The van der Waals surface area contributed by atoms with Gasteiger partial charge in [0.25, 0.3) is 0 Å². The first-order chi connectivity index (χ1) is 23.8. The van der Waals surface area contributed by atoms with Crippen LogP contribution in [0.2, 0.25) is 0 Å². The Bertz CT molecular complexity index is 1660. The zero-order chi connectivity index (χ0) is 34.8. The Morgan fingerprint density at radius 1 is 0.571 bits per heavy atom. The maximum Gasteiger partial charge on any atom is 0.307 e. The van der Waals surface area contributed by atoms with Gasteiger partial charge in [-0.25, -0.2) is 0 Å². The van der Waals surface area contributed by atoms with E-state index in [4.69, 9.17) is 9.47 Å². The second-order valence-electron chi connectivity index (χ2n) is 12.4. The number of hydrogen-bond acceptors (Lipinski definition) is 6. The minimum absolute atomic E-state index is 0.252. The van der Waals surface area contributed by atoms with Crippen molar-refractivity contribution in [2.45, 2.75) is 39.8 Å². The lowest BCUT2D eigenvalue weighted by Crippen LogP contribution is -2.63. The average molecular weight is 665 g/mol. The summed E-state index contributed by atoms with van der Waals surface area (Å²) in [6.07, 6.45) is 1.32. The Morgan fingerprint density at radius 2 is 0.959 bits per heavy atom. The normalized spacial score (nSPS) is 18.2. The quantitative estimate of drug-likeness (QED) is 0.132. The van der Waals surface area contributed by atoms with Crippen LogP contribution in [0.5, 0.6) is 23.0 Å². The number of rotatable bonds is 16. The summed E-state index contributed by atoms with van der Waals surface area (Å²) < 4.78 is 11.8. The van der Waals surface area contributed by atoms with E-state index in [1.807, 2.05) is 123 Å². The Hall–Kier alpha value is -5.15. The van der Waals surface area contributed by atoms with Gasteiger partial charge in [0.2, 0.25) is 11.8 Å². The molecule has 4 aromatic carbocycles. The number of benzene rings is 4. The van der Waals surface area contributed by atoms with Gasteiger partial charge in [-0.05, 0) is 72.5 Å². The molecule has 4 atom stereocenters. The molecule has 256 valence electrons. The lowest BCUT2D eigenvalue weighted by molar-refractivity contribution is -0.182. The van der Waals surface area contributed by atoms with Gasteiger partial charge in [0.1, 0.15) is 23.0 Å². The highest BCUT2D eigenvalue weighted by molar-refractivity contribution is 5.95. The number of carboxylic acids is 1. The number of nitrogens with zero attached hydrogens (tertiary/aromatic N) is 2. The Morgan fingerprint density at radius 3 is 1.33 bits per heavy atom. The molecule has 0 spiro atoms. The summed E-state index contributed by atoms with van der Waals surface area (Å²) in [6, 6.07) is 33.7. The van der Waals surface area contributed by atoms with Crippen molar-refractivity contribution in [3.05, 3.63) is 120 Å². The summed E-state index contributed by atoms with van der Waals surface area (Å²) in [5.41, 5.74) is 1.72. The highest BCUT2D eigenvalue weighted by atomic mass is 16.5. The van der Waals surface area contributed by atoms with Crippen LogP contribution < -0.4 is 9.47 Å². The van der Waals surface area contributed by atoms with Crippen molar-refractivity contribution in [2.24, 2.45) is 23.7 Å². The molecule has 0 radical (unpaired) electrons. The highest BCUT2D eigenvalue weighted by Crippen LogP contribution is 2.48. The van der Waals surface area contributed by atoms with Crippen LogP contribution in [0.25, 0.3) is 0 Å². The SMILES string of the molecule is CCCN(Cc1ccc(Oc2ccccc2)cc1)C(=O)C1C(CO)C(C(=O)O)C1C(=O)N(CCC)Cc1ccc(Oc2ccccc2)cc1. The second-order valence-corrected chi connectivity index (χ2v) is 12.4. The van der Waals surface area contributed by atoms with E-state index in [2.05, 4.69) is 0 Å². The number of carboxylic acid groups (broad SMARTS) is 1. The van der Waals surface area contributed by atoms with Crippen LogP contribution >= 0.6 is 0 Å². The minimum Gasteiger partial charge on any atom is -0.481 e. The molecule has 0 bridgehead atoms. The molecule has 4 aromatic rings. The Balaban J connectivity index is 1.32. The third kappa shape index (κ3) is 8.66. The smallest absolute Gasteiger partial charge is 0.307 e. The predicted octanol–water partition coefficient (Wildman–Crippen LogP) is 7.00. The zero-order valence-electron chi connectivity index (χ0n) is 28.0. The molecular formula is C40H44N2O7. The molecule has 0 saturated heterocycles. The van der Waals surface area contributed by atoms with E-state index < -0.39 is 36.2 Å². The molecule has 1 fully saturated rings. The van der Waals surface area contributed by atoms with Crippen LogP contribution in [0.3, 0.4) is 0 Å². The van der Waals surface area contributed by atoms with E-state index in [9.17, 15) is 24.6 Å². The lowest BCUT2D eigenvalue weighted by atomic mass is 9.55. The molecule has 1 aliphatic carbocycles. The number of aliphatic hydroxyl groups excluding tert-OH is 1. The molecule has 0 aromatic heterocycles. The van der Waals surface area contributed by atoms with Gasteiger partial charge in [-0.3, -0.25) is 14.4 Å². The fourth-order valence-corrected chi connectivity index (χ4v) is 6.55. The van der Waals surface area contributed by atoms with Crippen LogP contribution in [0.1, 0.15) is 37.8 Å². The van der Waals surface area contributed by atoms with Crippen molar-refractivity contribution in [3.8, 4) is 23.0 Å². The number of carbonyl (C=O) groups is 3. The molecule has 2 amide bonds. The van der Waals surface area contributed by atoms with Gasteiger partial charge in [0.05, 0.1) is 17.8 Å². The van der Waals surface area contributed by atoms with Crippen molar-refractivity contribution in [2.75, 3.05) is 19.7 Å². The first-order valence-corrected chi connectivity index (χ1v) is 16.9. The van der Waals surface area contributed by atoms with Gasteiger partial charge in [-0.1, -0.05) is 74.5 Å². The molecule has 9 heteroatoms. The molecule has 4 unspecified atom stereocenters. The van der Waals surface area contributed by atoms with Crippen molar-refractivity contribution in [1.29, 1.82) is 0 Å². The maximum absolute atomic E-state index is 14.2. The molecule has 2 N–H and O–H groups in total. The van der Waals surface area contributed by atoms with E-state index in [-0.39, 0.29) is 24.9 Å². The van der Waals surface area contributed by atoms with E-state index >= 15 is 0 Å². The number of amides is 2. The first-order valence-electron chi connectivity index (χ1n) is 16.9. The highest BCUT2D eigenvalue weighted by Gasteiger charge is 2.61. The average Bonchev–Trinajstić information content (AvgIpc) is 3.10. The van der Waals surface area contributed by atoms with E-state index in [0.717, 1.165) is 11.1 Å². The number of para-hydroxylation sites is 2.